The molecule has 2 aliphatic carbocycles. The Morgan fingerprint density at radius 1 is 1.06 bits per heavy atom. The van der Waals surface area contributed by atoms with Crippen molar-refractivity contribution in [1.82, 2.24) is 10.2 Å². The summed E-state index contributed by atoms with van der Waals surface area (Å²) in [4.78, 5) is 2.65. The van der Waals surface area contributed by atoms with E-state index >= 15 is 0 Å². The molecular weight excluding hydrogens is 208 g/mol. The first-order valence-corrected chi connectivity index (χ1v) is 7.70. The molecule has 0 saturated heterocycles. The highest BCUT2D eigenvalue weighted by Crippen LogP contribution is 2.30. The Bertz CT molecular complexity index is 205. The number of rotatable bonds is 8. The van der Waals surface area contributed by atoms with Crippen LogP contribution in [0.3, 0.4) is 0 Å². The molecule has 0 spiro atoms. The van der Waals surface area contributed by atoms with Crippen molar-refractivity contribution < 1.29 is 0 Å². The van der Waals surface area contributed by atoms with E-state index in [4.69, 9.17) is 0 Å². The molecule has 17 heavy (non-hydrogen) atoms. The predicted octanol–water partition coefficient (Wildman–Crippen LogP) is 2.89. The molecule has 2 heteroatoms. The zero-order valence-corrected chi connectivity index (χ0v) is 11.8. The van der Waals surface area contributed by atoms with Crippen LogP contribution in [0, 0.1) is 11.8 Å². The third kappa shape index (κ3) is 4.97. The summed E-state index contributed by atoms with van der Waals surface area (Å²) in [6.07, 6.45) is 8.79. The van der Waals surface area contributed by atoms with E-state index in [0.29, 0.717) is 6.04 Å². The molecule has 0 bridgehead atoms. The summed E-state index contributed by atoms with van der Waals surface area (Å²) in [5.74, 6) is 2.00. The number of nitrogens with zero attached hydrogens (tertiary/aromatic N) is 1. The van der Waals surface area contributed by atoms with Gasteiger partial charge in [-0.25, -0.2) is 0 Å². The monoisotopic (exact) mass is 238 g/mol. The molecular formula is C15H30N2. The van der Waals surface area contributed by atoms with Gasteiger partial charge in [-0.1, -0.05) is 12.8 Å². The molecule has 0 aromatic heterocycles. The van der Waals surface area contributed by atoms with Crippen LogP contribution in [0.15, 0.2) is 0 Å². The molecule has 0 unspecified atom stereocenters. The Balaban J connectivity index is 1.54. The van der Waals surface area contributed by atoms with Crippen LogP contribution in [-0.4, -0.2) is 37.1 Å². The van der Waals surface area contributed by atoms with Crippen LogP contribution in [0.4, 0.5) is 0 Å². The molecule has 2 saturated carbocycles. The van der Waals surface area contributed by atoms with Gasteiger partial charge in [-0.2, -0.15) is 0 Å². The summed E-state index contributed by atoms with van der Waals surface area (Å²) < 4.78 is 0. The first kappa shape index (κ1) is 13.4. The summed E-state index contributed by atoms with van der Waals surface area (Å²) >= 11 is 0. The molecule has 2 fully saturated rings. The summed E-state index contributed by atoms with van der Waals surface area (Å²) in [6.45, 7) is 9.68. The van der Waals surface area contributed by atoms with Crippen LogP contribution in [0.2, 0.25) is 0 Å². The molecule has 100 valence electrons. The van der Waals surface area contributed by atoms with Crippen LogP contribution in [-0.2, 0) is 0 Å². The van der Waals surface area contributed by atoms with Crippen molar-refractivity contribution in [3.8, 4) is 0 Å². The molecule has 2 rings (SSSR count). The lowest BCUT2D eigenvalue weighted by Gasteiger charge is -2.26. The zero-order chi connectivity index (χ0) is 12.1. The second-order valence-electron chi connectivity index (χ2n) is 6.39. The molecule has 0 amide bonds. The quantitative estimate of drug-likeness (QED) is 0.654. The second kappa shape index (κ2) is 6.75. The van der Waals surface area contributed by atoms with Crippen LogP contribution in [0.5, 0.6) is 0 Å². The summed E-state index contributed by atoms with van der Waals surface area (Å²) in [7, 11) is 0. The number of hydrogen-bond donors (Lipinski definition) is 1. The smallest absolute Gasteiger partial charge is 0.0110 e. The maximum atomic E-state index is 3.66. The Morgan fingerprint density at radius 3 is 2.35 bits per heavy atom. The average Bonchev–Trinajstić information content (AvgIpc) is 2.96. The zero-order valence-electron chi connectivity index (χ0n) is 11.8. The summed E-state index contributed by atoms with van der Waals surface area (Å²) in [5.41, 5.74) is 0. The van der Waals surface area contributed by atoms with E-state index in [1.54, 1.807) is 0 Å². The molecule has 2 nitrogen and oxygen atoms in total. The van der Waals surface area contributed by atoms with Crippen LogP contribution in [0.25, 0.3) is 0 Å². The van der Waals surface area contributed by atoms with Crippen LogP contribution >= 0.6 is 0 Å². The Kier molecular flexibility index (Phi) is 5.30. The van der Waals surface area contributed by atoms with Crippen molar-refractivity contribution in [1.29, 1.82) is 0 Å². The largest absolute Gasteiger partial charge is 0.315 e. The SMILES string of the molecule is CC(C)N(CCNCC1CCCC1)CC1CC1. The normalized spacial score (nSPS) is 21.9. The predicted molar refractivity (Wildman–Crippen MR) is 74.3 cm³/mol. The van der Waals surface area contributed by atoms with Crippen molar-refractivity contribution in [3.63, 3.8) is 0 Å². The topological polar surface area (TPSA) is 15.3 Å². The number of nitrogens with one attached hydrogen (secondary N) is 1. The standard InChI is InChI=1S/C15H30N2/c1-13(2)17(12-15-7-8-15)10-9-16-11-14-5-3-4-6-14/h13-16H,3-12H2,1-2H3. The van der Waals surface area contributed by atoms with Gasteiger partial charge in [0.2, 0.25) is 0 Å². The number of hydrogen-bond acceptors (Lipinski definition) is 2. The van der Waals surface area contributed by atoms with E-state index in [9.17, 15) is 0 Å². The van der Waals surface area contributed by atoms with Crippen molar-refractivity contribution in [3.05, 3.63) is 0 Å². The molecule has 2 aliphatic rings. The van der Waals surface area contributed by atoms with E-state index in [1.165, 1.54) is 64.7 Å². The third-order valence-electron chi connectivity index (χ3n) is 4.40. The molecule has 1 N–H and O–H groups in total. The molecule has 0 aromatic rings. The lowest BCUT2D eigenvalue weighted by Crippen LogP contribution is -2.39. The lowest BCUT2D eigenvalue weighted by molar-refractivity contribution is 0.212. The van der Waals surface area contributed by atoms with Crippen molar-refractivity contribution in [2.75, 3.05) is 26.2 Å². The van der Waals surface area contributed by atoms with Crippen molar-refractivity contribution >= 4 is 0 Å². The fourth-order valence-electron chi connectivity index (χ4n) is 2.94. The summed E-state index contributed by atoms with van der Waals surface area (Å²) in [5, 5.41) is 3.66. The lowest BCUT2D eigenvalue weighted by atomic mass is 10.1. The fourth-order valence-corrected chi connectivity index (χ4v) is 2.94. The minimum absolute atomic E-state index is 0.712. The van der Waals surface area contributed by atoms with Gasteiger partial charge in [0.1, 0.15) is 0 Å². The van der Waals surface area contributed by atoms with Gasteiger partial charge in [-0.05, 0) is 57.9 Å². The van der Waals surface area contributed by atoms with Gasteiger partial charge in [0.15, 0.2) is 0 Å². The van der Waals surface area contributed by atoms with Crippen molar-refractivity contribution in [2.24, 2.45) is 11.8 Å². The molecule has 0 aromatic carbocycles. The van der Waals surface area contributed by atoms with Crippen LogP contribution < -0.4 is 5.32 Å². The molecule has 0 atom stereocenters. The molecule has 0 radical (unpaired) electrons. The minimum atomic E-state index is 0.712. The molecule has 0 aliphatic heterocycles. The Morgan fingerprint density at radius 2 is 1.76 bits per heavy atom. The van der Waals surface area contributed by atoms with Gasteiger partial charge in [0, 0.05) is 25.7 Å². The van der Waals surface area contributed by atoms with Crippen molar-refractivity contribution in [2.45, 2.75) is 58.4 Å². The van der Waals surface area contributed by atoms with Crippen LogP contribution in [0.1, 0.15) is 52.4 Å². The van der Waals surface area contributed by atoms with E-state index in [2.05, 4.69) is 24.1 Å². The Hall–Kier alpha value is -0.0800. The highest BCUT2D eigenvalue weighted by molar-refractivity contribution is 4.79. The van der Waals surface area contributed by atoms with E-state index < -0.39 is 0 Å². The highest BCUT2D eigenvalue weighted by atomic mass is 15.2. The fraction of sp³-hybridized carbons (Fsp3) is 1.00. The van der Waals surface area contributed by atoms with Gasteiger partial charge < -0.3 is 5.32 Å². The van der Waals surface area contributed by atoms with Gasteiger partial charge >= 0.3 is 0 Å². The maximum absolute atomic E-state index is 3.66. The van der Waals surface area contributed by atoms with Gasteiger partial charge in [0.05, 0.1) is 0 Å². The third-order valence-corrected chi connectivity index (χ3v) is 4.40. The Labute approximate surface area is 107 Å². The van der Waals surface area contributed by atoms with E-state index in [1.807, 2.05) is 0 Å². The minimum Gasteiger partial charge on any atom is -0.315 e. The average molecular weight is 238 g/mol. The van der Waals surface area contributed by atoms with E-state index in [0.717, 1.165) is 11.8 Å². The van der Waals surface area contributed by atoms with E-state index in [-0.39, 0.29) is 0 Å². The van der Waals surface area contributed by atoms with Gasteiger partial charge in [-0.3, -0.25) is 4.90 Å². The van der Waals surface area contributed by atoms with Gasteiger partial charge in [0.25, 0.3) is 0 Å². The first-order chi connectivity index (χ1) is 8.25. The first-order valence-electron chi connectivity index (χ1n) is 7.70. The van der Waals surface area contributed by atoms with Gasteiger partial charge in [-0.15, -0.1) is 0 Å². The second-order valence-corrected chi connectivity index (χ2v) is 6.39. The summed E-state index contributed by atoms with van der Waals surface area (Å²) in [6, 6.07) is 0.712. The maximum Gasteiger partial charge on any atom is 0.0110 e. The molecule has 0 heterocycles. The highest BCUT2D eigenvalue weighted by Gasteiger charge is 2.25.